The maximum absolute atomic E-state index is 12.6. The number of carbonyl (C=O) groups excluding carboxylic acids is 1. The lowest BCUT2D eigenvalue weighted by Crippen LogP contribution is -2.43. The average molecular weight is 362 g/mol. The highest BCUT2D eigenvalue weighted by Crippen LogP contribution is 2.25. The number of aromatic nitrogens is 3. The average Bonchev–Trinajstić information content (AvgIpc) is 2.58. The lowest BCUT2D eigenvalue weighted by molar-refractivity contribution is 0.0989. The first-order valence-electron chi connectivity index (χ1n) is 8.00. The first kappa shape index (κ1) is 17.4. The number of hydrogen-bond acceptors (Lipinski definition) is 8. The van der Waals surface area contributed by atoms with Crippen molar-refractivity contribution >= 4 is 34.7 Å². The molecule has 6 N–H and O–H groups in total. The summed E-state index contributed by atoms with van der Waals surface area (Å²) in [6, 6.07) is 2.02. The normalized spacial score (nSPS) is 17.5. The van der Waals surface area contributed by atoms with Crippen LogP contribution in [0.1, 0.15) is 28.9 Å². The van der Waals surface area contributed by atoms with Gasteiger partial charge in [0.1, 0.15) is 0 Å². The fraction of sp³-hybridized carbons (Fsp3) is 0.375. The van der Waals surface area contributed by atoms with E-state index in [1.807, 2.05) is 6.07 Å². The molecule has 0 spiro atoms. The molecule has 3 heterocycles. The molecule has 2 aromatic heterocycles. The molecule has 1 aliphatic heterocycles. The van der Waals surface area contributed by atoms with Gasteiger partial charge in [0.2, 0.25) is 0 Å². The van der Waals surface area contributed by atoms with E-state index in [4.69, 9.17) is 28.8 Å². The van der Waals surface area contributed by atoms with Crippen molar-refractivity contribution in [1.29, 1.82) is 0 Å². The number of hydrogen-bond donors (Lipinski definition) is 3. The van der Waals surface area contributed by atoms with Crippen LogP contribution in [0.3, 0.4) is 0 Å². The molecule has 3 rings (SSSR count). The van der Waals surface area contributed by atoms with Crippen molar-refractivity contribution in [3.05, 3.63) is 34.9 Å². The molecule has 1 atom stereocenters. The number of halogens is 1. The van der Waals surface area contributed by atoms with Crippen molar-refractivity contribution in [2.24, 2.45) is 5.73 Å². The zero-order chi connectivity index (χ0) is 18.0. The summed E-state index contributed by atoms with van der Waals surface area (Å²) in [7, 11) is 0. The first-order chi connectivity index (χ1) is 12.0. The molecule has 0 radical (unpaired) electrons. The summed E-state index contributed by atoms with van der Waals surface area (Å²) in [6.45, 7) is 1.65. The van der Waals surface area contributed by atoms with Crippen LogP contribution in [0.2, 0.25) is 5.15 Å². The van der Waals surface area contributed by atoms with Crippen LogP contribution in [-0.4, -0.2) is 39.9 Å². The lowest BCUT2D eigenvalue weighted by atomic mass is 10.0. The van der Waals surface area contributed by atoms with Gasteiger partial charge in [-0.3, -0.25) is 9.78 Å². The second-order valence-corrected chi connectivity index (χ2v) is 6.44. The molecule has 0 bridgehead atoms. The largest absolute Gasteiger partial charge is 0.382 e. The van der Waals surface area contributed by atoms with Gasteiger partial charge < -0.3 is 22.1 Å². The van der Waals surface area contributed by atoms with Crippen molar-refractivity contribution in [3.8, 4) is 0 Å². The van der Waals surface area contributed by atoms with E-state index in [-0.39, 0.29) is 40.7 Å². The summed E-state index contributed by atoms with van der Waals surface area (Å²) >= 11 is 5.86. The van der Waals surface area contributed by atoms with Gasteiger partial charge in [-0.05, 0) is 18.9 Å². The standard InChI is InChI=1S/C16H20ClN7O/c17-14-16(20)23-15(19)13(22-14)12(25)6-9-7-21-4-3-11(9)24-5-1-2-10(18)8-24/h3-4,7,10H,1-2,5-6,8,18H2,(H4,19,20,23). The fourth-order valence-corrected chi connectivity index (χ4v) is 3.12. The van der Waals surface area contributed by atoms with E-state index in [0.717, 1.165) is 37.2 Å². The quantitative estimate of drug-likeness (QED) is 0.687. The van der Waals surface area contributed by atoms with Crippen molar-refractivity contribution < 1.29 is 4.79 Å². The number of nitrogen functional groups attached to an aromatic ring is 2. The van der Waals surface area contributed by atoms with Crippen LogP contribution in [-0.2, 0) is 6.42 Å². The predicted molar refractivity (Wildman–Crippen MR) is 97.6 cm³/mol. The van der Waals surface area contributed by atoms with Crippen LogP contribution in [0.15, 0.2) is 18.5 Å². The summed E-state index contributed by atoms with van der Waals surface area (Å²) in [6.07, 6.45) is 5.50. The minimum Gasteiger partial charge on any atom is -0.382 e. The third-order valence-corrected chi connectivity index (χ3v) is 4.47. The molecule has 0 saturated carbocycles. The molecule has 8 nitrogen and oxygen atoms in total. The molecule has 0 aromatic carbocycles. The molecule has 1 saturated heterocycles. The summed E-state index contributed by atoms with van der Waals surface area (Å²) in [5.41, 5.74) is 19.1. The van der Waals surface area contributed by atoms with Crippen LogP contribution in [0, 0.1) is 0 Å². The Kier molecular flexibility index (Phi) is 5.00. The van der Waals surface area contributed by atoms with Crippen molar-refractivity contribution in [3.63, 3.8) is 0 Å². The summed E-state index contributed by atoms with van der Waals surface area (Å²) < 4.78 is 0. The Morgan fingerprint density at radius 3 is 2.88 bits per heavy atom. The molecule has 132 valence electrons. The van der Waals surface area contributed by atoms with E-state index < -0.39 is 0 Å². The van der Waals surface area contributed by atoms with E-state index in [9.17, 15) is 4.79 Å². The van der Waals surface area contributed by atoms with Crippen molar-refractivity contribution in [2.45, 2.75) is 25.3 Å². The first-order valence-corrected chi connectivity index (χ1v) is 8.38. The van der Waals surface area contributed by atoms with Gasteiger partial charge in [-0.1, -0.05) is 11.6 Å². The van der Waals surface area contributed by atoms with Crippen LogP contribution >= 0.6 is 11.6 Å². The Morgan fingerprint density at radius 1 is 1.32 bits per heavy atom. The Balaban J connectivity index is 1.86. The van der Waals surface area contributed by atoms with E-state index >= 15 is 0 Å². The molecule has 0 amide bonds. The number of Topliss-reactive ketones (excluding diaryl/α,β-unsaturated/α-hetero) is 1. The minimum absolute atomic E-state index is 0.0000813. The Bertz CT molecular complexity index is 798. The summed E-state index contributed by atoms with van der Waals surface area (Å²) in [4.78, 5) is 26.8. The van der Waals surface area contributed by atoms with Gasteiger partial charge in [-0.15, -0.1) is 0 Å². The van der Waals surface area contributed by atoms with Gasteiger partial charge in [0.25, 0.3) is 0 Å². The molecule has 2 aromatic rings. The highest BCUT2D eigenvalue weighted by Gasteiger charge is 2.22. The molecular formula is C16H20ClN7O. The Hall–Kier alpha value is -2.45. The predicted octanol–water partition coefficient (Wildman–Crippen LogP) is 1.04. The van der Waals surface area contributed by atoms with Gasteiger partial charge in [-0.25, -0.2) is 9.97 Å². The topological polar surface area (TPSA) is 137 Å². The molecule has 0 aliphatic carbocycles. The van der Waals surface area contributed by atoms with Crippen LogP contribution in [0.4, 0.5) is 17.3 Å². The fourth-order valence-electron chi connectivity index (χ4n) is 3.00. The highest BCUT2D eigenvalue weighted by atomic mass is 35.5. The molecule has 1 unspecified atom stereocenters. The second kappa shape index (κ2) is 7.20. The number of piperidine rings is 1. The van der Waals surface area contributed by atoms with Crippen molar-refractivity contribution in [2.75, 3.05) is 29.5 Å². The molecule has 1 fully saturated rings. The van der Waals surface area contributed by atoms with Gasteiger partial charge in [0.05, 0.1) is 0 Å². The molecule has 9 heteroatoms. The molecule has 1 aliphatic rings. The number of anilines is 3. The Morgan fingerprint density at radius 2 is 2.12 bits per heavy atom. The molecule has 25 heavy (non-hydrogen) atoms. The van der Waals surface area contributed by atoms with E-state index in [1.54, 1.807) is 12.4 Å². The van der Waals surface area contributed by atoms with Gasteiger partial charge >= 0.3 is 0 Å². The van der Waals surface area contributed by atoms with Gasteiger partial charge in [-0.2, -0.15) is 0 Å². The number of nitrogens with zero attached hydrogens (tertiary/aromatic N) is 4. The third-order valence-electron chi connectivity index (χ3n) is 4.20. The summed E-state index contributed by atoms with van der Waals surface area (Å²) in [5.74, 6) is -0.320. The zero-order valence-electron chi connectivity index (χ0n) is 13.7. The van der Waals surface area contributed by atoms with Gasteiger partial charge in [0.15, 0.2) is 28.3 Å². The smallest absolute Gasteiger partial charge is 0.189 e. The highest BCUT2D eigenvalue weighted by molar-refractivity contribution is 6.31. The lowest BCUT2D eigenvalue weighted by Gasteiger charge is -2.33. The monoisotopic (exact) mass is 361 g/mol. The minimum atomic E-state index is -0.289. The van der Waals surface area contributed by atoms with Gasteiger partial charge in [0, 0.05) is 49.2 Å². The van der Waals surface area contributed by atoms with Crippen LogP contribution < -0.4 is 22.1 Å². The number of carbonyl (C=O) groups is 1. The number of ketones is 1. The SMILES string of the molecule is Nc1nc(N)c(C(=O)Cc2cnccc2N2CCCC(N)C2)nc1Cl. The maximum atomic E-state index is 12.6. The molecular weight excluding hydrogens is 342 g/mol. The number of rotatable bonds is 4. The number of nitrogens with two attached hydrogens (primary N) is 3. The van der Waals surface area contributed by atoms with E-state index in [2.05, 4.69) is 19.9 Å². The van der Waals surface area contributed by atoms with Crippen LogP contribution in [0.25, 0.3) is 0 Å². The Labute approximate surface area is 150 Å². The second-order valence-electron chi connectivity index (χ2n) is 6.09. The summed E-state index contributed by atoms with van der Waals surface area (Å²) in [5, 5.41) is -0.0361. The van der Waals surface area contributed by atoms with Crippen molar-refractivity contribution in [1.82, 2.24) is 15.0 Å². The van der Waals surface area contributed by atoms with E-state index in [1.165, 1.54) is 0 Å². The maximum Gasteiger partial charge on any atom is 0.189 e. The van der Waals surface area contributed by atoms with Crippen LogP contribution in [0.5, 0.6) is 0 Å². The number of pyridine rings is 1. The third kappa shape index (κ3) is 3.80. The zero-order valence-corrected chi connectivity index (χ0v) is 14.4. The van der Waals surface area contributed by atoms with E-state index in [0.29, 0.717) is 0 Å².